The molecule has 1 amide bonds. The van der Waals surface area contributed by atoms with Crippen molar-refractivity contribution in [3.05, 3.63) is 82.7 Å². The van der Waals surface area contributed by atoms with E-state index in [4.69, 9.17) is 19.0 Å². The van der Waals surface area contributed by atoms with E-state index in [0.717, 1.165) is 27.6 Å². The van der Waals surface area contributed by atoms with Gasteiger partial charge in [-0.2, -0.15) is 0 Å². The number of allylic oxidation sites excluding steroid dienone is 1. The Labute approximate surface area is 225 Å². The highest BCUT2D eigenvalue weighted by atomic mass is 16.7. The van der Waals surface area contributed by atoms with Gasteiger partial charge in [0.1, 0.15) is 5.58 Å². The number of imidazole rings is 1. The summed E-state index contributed by atoms with van der Waals surface area (Å²) in [6.07, 6.45) is 6.35. The molecule has 2 aliphatic rings. The molecular formula is C30H33N3O6. The Morgan fingerprint density at radius 2 is 1.87 bits per heavy atom. The number of aromatic amines is 1. The van der Waals surface area contributed by atoms with Crippen LogP contribution in [0.25, 0.3) is 22.0 Å². The number of hydrogen-bond acceptors (Lipinski definition) is 6. The molecule has 6 rings (SSSR count). The number of H-pyrrole nitrogens is 1. The number of rotatable bonds is 8. The molecule has 1 fully saturated rings. The lowest BCUT2D eigenvalue weighted by atomic mass is 9.92. The summed E-state index contributed by atoms with van der Waals surface area (Å²) in [6.45, 7) is 1.61. The third-order valence-corrected chi connectivity index (χ3v) is 7.78. The van der Waals surface area contributed by atoms with Gasteiger partial charge in [0.05, 0.1) is 23.9 Å². The first-order valence-electron chi connectivity index (χ1n) is 13.7. The molecule has 2 aromatic carbocycles. The first kappa shape index (κ1) is 25.5. The highest BCUT2D eigenvalue weighted by Gasteiger charge is 2.34. The number of piperidine rings is 1. The molecule has 4 aromatic rings. The van der Waals surface area contributed by atoms with Gasteiger partial charge in [-0.1, -0.05) is 30.3 Å². The van der Waals surface area contributed by atoms with Crippen molar-refractivity contribution in [1.82, 2.24) is 14.5 Å². The van der Waals surface area contributed by atoms with Gasteiger partial charge in [-0.05, 0) is 50.0 Å². The van der Waals surface area contributed by atoms with Crippen LogP contribution >= 0.6 is 0 Å². The molecule has 2 aromatic heterocycles. The summed E-state index contributed by atoms with van der Waals surface area (Å²) in [7, 11) is 0. The molecule has 0 aliphatic carbocycles. The Bertz CT molecular complexity index is 1540. The van der Waals surface area contributed by atoms with E-state index in [0.29, 0.717) is 51.8 Å². The standard InChI is InChI=1S/C30H33N3O6/c34-15-5-6-16-37-28-18-20(23-19-38-26-10-4-1-7-22(23)26)17-27(39-28)29(35)32-13-11-21(12-14-32)33-25-9-3-2-8-24(25)31-30(33)36/h1-4,7-10,17,19-21,28,34H,5-6,11-16,18H2,(H,31,36)/t20-,28+/m0/s1. The molecule has 9 nitrogen and oxygen atoms in total. The molecular weight excluding hydrogens is 498 g/mol. The highest BCUT2D eigenvalue weighted by Crippen LogP contribution is 2.37. The molecule has 204 valence electrons. The molecule has 2 aliphatic heterocycles. The molecule has 0 spiro atoms. The number of benzene rings is 2. The van der Waals surface area contributed by atoms with Crippen LogP contribution in [0.5, 0.6) is 0 Å². The SMILES string of the molecule is O=C(C1=C[C@H](c2coc3ccccc23)C[C@H](OCCCCO)O1)N1CCC(n2c(=O)[nH]c3ccccc32)CC1. The maximum atomic E-state index is 13.7. The Morgan fingerprint density at radius 1 is 1.08 bits per heavy atom. The number of aliphatic hydroxyl groups excluding tert-OH is 1. The number of carbonyl (C=O) groups is 1. The zero-order valence-corrected chi connectivity index (χ0v) is 21.8. The summed E-state index contributed by atoms with van der Waals surface area (Å²) in [5.74, 6) is 0.0131. The zero-order chi connectivity index (χ0) is 26.8. The predicted molar refractivity (Wildman–Crippen MR) is 146 cm³/mol. The largest absolute Gasteiger partial charge is 0.464 e. The van der Waals surface area contributed by atoms with Crippen LogP contribution in [-0.2, 0) is 14.3 Å². The van der Waals surface area contributed by atoms with Gasteiger partial charge in [-0.3, -0.25) is 9.36 Å². The lowest BCUT2D eigenvalue weighted by Gasteiger charge is -2.35. The molecule has 0 saturated carbocycles. The van der Waals surface area contributed by atoms with Crippen LogP contribution in [0, 0.1) is 0 Å². The van der Waals surface area contributed by atoms with Gasteiger partial charge < -0.3 is 28.9 Å². The number of nitrogens with zero attached hydrogens (tertiary/aromatic N) is 2. The fraction of sp³-hybridized carbons (Fsp3) is 0.400. The quantitative estimate of drug-likeness (QED) is 0.325. The number of ether oxygens (including phenoxy) is 2. The first-order valence-corrected chi connectivity index (χ1v) is 13.7. The topological polar surface area (TPSA) is 110 Å². The molecule has 2 N–H and O–H groups in total. The zero-order valence-electron chi connectivity index (χ0n) is 21.8. The van der Waals surface area contributed by atoms with E-state index in [2.05, 4.69) is 4.98 Å². The minimum atomic E-state index is -0.575. The fourth-order valence-electron chi connectivity index (χ4n) is 5.76. The van der Waals surface area contributed by atoms with Gasteiger partial charge in [0.25, 0.3) is 5.91 Å². The third-order valence-electron chi connectivity index (χ3n) is 7.78. The molecule has 2 atom stereocenters. The molecule has 0 radical (unpaired) electrons. The normalized spacial score (nSPS) is 20.3. The molecule has 1 saturated heterocycles. The van der Waals surface area contributed by atoms with E-state index in [1.807, 2.05) is 59.2 Å². The number of amides is 1. The number of hydrogen-bond donors (Lipinski definition) is 2. The third kappa shape index (κ3) is 5.12. The Kier molecular flexibility index (Phi) is 7.26. The average molecular weight is 532 g/mol. The summed E-state index contributed by atoms with van der Waals surface area (Å²) in [6, 6.07) is 15.6. The van der Waals surface area contributed by atoms with Gasteiger partial charge in [0.2, 0.25) is 6.29 Å². The van der Waals surface area contributed by atoms with Crippen molar-refractivity contribution in [3.63, 3.8) is 0 Å². The summed E-state index contributed by atoms with van der Waals surface area (Å²) in [5, 5.41) is 10.1. The van der Waals surface area contributed by atoms with Crippen molar-refractivity contribution in [2.75, 3.05) is 26.3 Å². The summed E-state index contributed by atoms with van der Waals surface area (Å²) in [4.78, 5) is 31.1. The lowest BCUT2D eigenvalue weighted by Crippen LogP contribution is -2.42. The van der Waals surface area contributed by atoms with Crippen LogP contribution < -0.4 is 5.69 Å². The Morgan fingerprint density at radius 3 is 2.72 bits per heavy atom. The van der Waals surface area contributed by atoms with Crippen molar-refractivity contribution in [2.45, 2.75) is 50.4 Å². The number of aliphatic hydroxyl groups is 1. The number of likely N-dealkylation sites (tertiary alicyclic amines) is 1. The molecule has 0 bridgehead atoms. The van der Waals surface area contributed by atoms with Crippen LogP contribution in [-0.4, -0.2) is 58.1 Å². The van der Waals surface area contributed by atoms with Gasteiger partial charge in [-0.15, -0.1) is 0 Å². The van der Waals surface area contributed by atoms with Crippen molar-refractivity contribution in [3.8, 4) is 0 Å². The summed E-state index contributed by atoms with van der Waals surface area (Å²) in [5.41, 5.74) is 3.40. The van der Waals surface area contributed by atoms with Gasteiger partial charge in [-0.25, -0.2) is 4.79 Å². The smallest absolute Gasteiger partial charge is 0.326 e. The maximum absolute atomic E-state index is 13.7. The van der Waals surface area contributed by atoms with Crippen LogP contribution in [0.1, 0.15) is 49.6 Å². The van der Waals surface area contributed by atoms with E-state index in [1.165, 1.54) is 0 Å². The first-order chi connectivity index (χ1) is 19.1. The van der Waals surface area contributed by atoms with Crippen LogP contribution in [0.2, 0.25) is 0 Å². The number of fused-ring (bicyclic) bond motifs is 2. The van der Waals surface area contributed by atoms with E-state index < -0.39 is 6.29 Å². The Hall–Kier alpha value is -3.82. The summed E-state index contributed by atoms with van der Waals surface area (Å²) < 4.78 is 19.7. The van der Waals surface area contributed by atoms with Crippen molar-refractivity contribution >= 4 is 27.9 Å². The van der Waals surface area contributed by atoms with Crippen molar-refractivity contribution < 1.29 is 23.8 Å². The number of carbonyl (C=O) groups excluding carboxylic acids is 1. The second-order valence-electron chi connectivity index (χ2n) is 10.2. The average Bonchev–Trinajstić information content (AvgIpc) is 3.55. The fourth-order valence-corrected chi connectivity index (χ4v) is 5.76. The van der Waals surface area contributed by atoms with E-state index in [9.17, 15) is 9.59 Å². The van der Waals surface area contributed by atoms with E-state index in [1.54, 1.807) is 11.2 Å². The van der Waals surface area contributed by atoms with Gasteiger partial charge >= 0.3 is 5.69 Å². The maximum Gasteiger partial charge on any atom is 0.326 e. The van der Waals surface area contributed by atoms with Crippen LogP contribution in [0.4, 0.5) is 0 Å². The summed E-state index contributed by atoms with van der Waals surface area (Å²) >= 11 is 0. The van der Waals surface area contributed by atoms with E-state index in [-0.39, 0.29) is 35.9 Å². The Balaban J connectivity index is 1.20. The van der Waals surface area contributed by atoms with E-state index >= 15 is 0 Å². The number of para-hydroxylation sites is 3. The molecule has 4 heterocycles. The molecule has 0 unspecified atom stereocenters. The molecule has 9 heteroatoms. The molecule has 39 heavy (non-hydrogen) atoms. The van der Waals surface area contributed by atoms with Gasteiger partial charge in [0.15, 0.2) is 5.76 Å². The number of nitrogens with one attached hydrogen (secondary N) is 1. The lowest BCUT2D eigenvalue weighted by molar-refractivity contribution is -0.153. The second kappa shape index (κ2) is 11.1. The van der Waals surface area contributed by atoms with Crippen molar-refractivity contribution in [1.29, 1.82) is 0 Å². The van der Waals surface area contributed by atoms with Crippen LogP contribution in [0.3, 0.4) is 0 Å². The monoisotopic (exact) mass is 531 g/mol. The number of furan rings is 1. The van der Waals surface area contributed by atoms with Crippen LogP contribution in [0.15, 0.2) is 75.8 Å². The van der Waals surface area contributed by atoms with Gasteiger partial charge in [0, 0.05) is 49.0 Å². The number of aromatic nitrogens is 2. The van der Waals surface area contributed by atoms with Crippen molar-refractivity contribution in [2.24, 2.45) is 0 Å². The predicted octanol–water partition coefficient (Wildman–Crippen LogP) is 4.44. The minimum absolute atomic E-state index is 0.0200. The minimum Gasteiger partial charge on any atom is -0.464 e. The number of unbranched alkanes of at least 4 members (excludes halogenated alkanes) is 1. The highest BCUT2D eigenvalue weighted by molar-refractivity contribution is 5.92. The second-order valence-corrected chi connectivity index (χ2v) is 10.2.